The molecule has 118 valence electrons. The third-order valence-electron chi connectivity index (χ3n) is 4.68. The summed E-state index contributed by atoms with van der Waals surface area (Å²) in [6, 6.07) is 8.18. The SMILES string of the molecule is CCN(C(=O)c1cc2ccc(OC)cc2[nH]1)C1CCCCC1. The number of carbonyl (C=O) groups is 1. The standard InChI is InChI=1S/C18H24N2O2/c1-3-20(14-7-5-4-6-8-14)18(21)17-11-13-9-10-15(22-2)12-16(13)19-17/h9-12,14,19H,3-8H2,1-2H3. The molecule has 0 bridgehead atoms. The van der Waals surface area contributed by atoms with Crippen molar-refractivity contribution in [3.63, 3.8) is 0 Å². The third-order valence-corrected chi connectivity index (χ3v) is 4.68. The minimum Gasteiger partial charge on any atom is -0.497 e. The Morgan fingerprint density at radius 3 is 2.73 bits per heavy atom. The van der Waals surface area contributed by atoms with E-state index in [1.165, 1.54) is 19.3 Å². The zero-order valence-electron chi connectivity index (χ0n) is 13.4. The number of ether oxygens (including phenoxy) is 1. The second kappa shape index (κ2) is 6.42. The first-order chi connectivity index (χ1) is 10.7. The van der Waals surface area contributed by atoms with Gasteiger partial charge in [-0.1, -0.05) is 19.3 Å². The van der Waals surface area contributed by atoms with Crippen molar-refractivity contribution in [1.29, 1.82) is 0 Å². The number of rotatable bonds is 4. The molecule has 4 heteroatoms. The molecule has 2 aromatic rings. The molecule has 0 radical (unpaired) electrons. The van der Waals surface area contributed by atoms with Crippen molar-refractivity contribution in [3.05, 3.63) is 30.0 Å². The quantitative estimate of drug-likeness (QED) is 0.928. The minimum absolute atomic E-state index is 0.115. The molecule has 1 aliphatic carbocycles. The molecule has 1 aromatic carbocycles. The van der Waals surface area contributed by atoms with Crippen molar-refractivity contribution in [1.82, 2.24) is 9.88 Å². The van der Waals surface area contributed by atoms with E-state index in [-0.39, 0.29) is 5.91 Å². The number of H-pyrrole nitrogens is 1. The molecule has 1 aliphatic rings. The summed E-state index contributed by atoms with van der Waals surface area (Å²) in [7, 11) is 1.65. The number of amides is 1. The largest absolute Gasteiger partial charge is 0.497 e. The molecular formula is C18H24N2O2. The Kier molecular flexibility index (Phi) is 4.36. The zero-order chi connectivity index (χ0) is 15.5. The molecule has 1 fully saturated rings. The van der Waals surface area contributed by atoms with Crippen LogP contribution in [-0.2, 0) is 0 Å². The van der Waals surface area contributed by atoms with E-state index in [0.717, 1.165) is 36.0 Å². The van der Waals surface area contributed by atoms with Gasteiger partial charge in [0, 0.05) is 29.6 Å². The Balaban J connectivity index is 1.86. The number of nitrogens with zero attached hydrogens (tertiary/aromatic N) is 1. The summed E-state index contributed by atoms with van der Waals surface area (Å²) in [5.41, 5.74) is 1.62. The Labute approximate surface area is 131 Å². The molecule has 0 spiro atoms. The first-order valence-corrected chi connectivity index (χ1v) is 8.20. The van der Waals surface area contributed by atoms with E-state index >= 15 is 0 Å². The second-order valence-electron chi connectivity index (χ2n) is 6.02. The second-order valence-corrected chi connectivity index (χ2v) is 6.02. The van der Waals surface area contributed by atoms with Gasteiger partial charge >= 0.3 is 0 Å². The van der Waals surface area contributed by atoms with Crippen molar-refractivity contribution in [2.45, 2.75) is 45.1 Å². The summed E-state index contributed by atoms with van der Waals surface area (Å²) < 4.78 is 5.24. The fraction of sp³-hybridized carbons (Fsp3) is 0.500. The van der Waals surface area contributed by atoms with E-state index in [1.807, 2.05) is 29.2 Å². The van der Waals surface area contributed by atoms with Crippen LogP contribution in [0.5, 0.6) is 5.75 Å². The molecule has 0 saturated heterocycles. The summed E-state index contributed by atoms with van der Waals surface area (Å²) in [5, 5.41) is 1.05. The zero-order valence-corrected chi connectivity index (χ0v) is 13.4. The van der Waals surface area contributed by atoms with E-state index in [1.54, 1.807) is 7.11 Å². The average molecular weight is 300 g/mol. The van der Waals surface area contributed by atoms with E-state index in [0.29, 0.717) is 11.7 Å². The lowest BCUT2D eigenvalue weighted by Gasteiger charge is -2.33. The number of hydrogen-bond donors (Lipinski definition) is 1. The van der Waals surface area contributed by atoms with Gasteiger partial charge in [-0.2, -0.15) is 0 Å². The molecular weight excluding hydrogens is 276 g/mol. The van der Waals surface area contributed by atoms with Crippen molar-refractivity contribution in [3.8, 4) is 5.75 Å². The molecule has 3 rings (SSSR count). The van der Waals surface area contributed by atoms with Gasteiger partial charge in [-0.15, -0.1) is 0 Å². The number of fused-ring (bicyclic) bond motifs is 1. The first kappa shape index (κ1) is 14.9. The first-order valence-electron chi connectivity index (χ1n) is 8.20. The molecule has 22 heavy (non-hydrogen) atoms. The van der Waals surface area contributed by atoms with Gasteiger partial charge in [0.2, 0.25) is 0 Å². The van der Waals surface area contributed by atoms with Gasteiger partial charge in [0.1, 0.15) is 11.4 Å². The maximum Gasteiger partial charge on any atom is 0.270 e. The minimum atomic E-state index is 0.115. The molecule has 1 N–H and O–H groups in total. The fourth-order valence-electron chi connectivity index (χ4n) is 3.46. The van der Waals surface area contributed by atoms with Crippen molar-refractivity contribution < 1.29 is 9.53 Å². The van der Waals surface area contributed by atoms with Crippen LogP contribution in [0, 0.1) is 0 Å². The number of benzene rings is 1. The highest BCUT2D eigenvalue weighted by molar-refractivity contribution is 5.98. The van der Waals surface area contributed by atoms with Crippen molar-refractivity contribution >= 4 is 16.8 Å². The Hall–Kier alpha value is -1.97. The number of nitrogens with one attached hydrogen (secondary N) is 1. The fourth-order valence-corrected chi connectivity index (χ4v) is 3.46. The summed E-state index contributed by atoms with van der Waals surface area (Å²) in [6.07, 6.45) is 6.03. The number of carbonyl (C=O) groups excluding carboxylic acids is 1. The molecule has 1 aromatic heterocycles. The number of aromatic nitrogens is 1. The van der Waals surface area contributed by atoms with Crippen LogP contribution in [0.15, 0.2) is 24.3 Å². The van der Waals surface area contributed by atoms with Crippen LogP contribution in [0.3, 0.4) is 0 Å². The third kappa shape index (κ3) is 2.82. The highest BCUT2D eigenvalue weighted by Gasteiger charge is 2.25. The predicted molar refractivity (Wildman–Crippen MR) is 88.4 cm³/mol. The molecule has 0 aliphatic heterocycles. The van der Waals surface area contributed by atoms with Gasteiger partial charge < -0.3 is 14.6 Å². The van der Waals surface area contributed by atoms with Crippen LogP contribution >= 0.6 is 0 Å². The lowest BCUT2D eigenvalue weighted by Crippen LogP contribution is -2.41. The highest BCUT2D eigenvalue weighted by Crippen LogP contribution is 2.26. The molecule has 0 unspecified atom stereocenters. The van der Waals surface area contributed by atoms with Crippen molar-refractivity contribution in [2.75, 3.05) is 13.7 Å². The lowest BCUT2D eigenvalue weighted by atomic mass is 9.94. The van der Waals surface area contributed by atoms with Crippen LogP contribution < -0.4 is 4.74 Å². The van der Waals surface area contributed by atoms with Crippen LogP contribution in [0.4, 0.5) is 0 Å². The molecule has 1 saturated carbocycles. The normalized spacial score (nSPS) is 15.9. The summed E-state index contributed by atoms with van der Waals surface area (Å²) in [6.45, 7) is 2.83. The topological polar surface area (TPSA) is 45.3 Å². The van der Waals surface area contributed by atoms with E-state index in [9.17, 15) is 4.79 Å². The molecule has 1 heterocycles. The van der Waals surface area contributed by atoms with Crippen LogP contribution in [0.1, 0.15) is 49.5 Å². The van der Waals surface area contributed by atoms with Gasteiger partial charge in [0.15, 0.2) is 0 Å². The van der Waals surface area contributed by atoms with Crippen molar-refractivity contribution in [2.24, 2.45) is 0 Å². The maximum atomic E-state index is 12.9. The van der Waals surface area contributed by atoms with Gasteiger partial charge in [-0.3, -0.25) is 4.79 Å². The van der Waals surface area contributed by atoms with Gasteiger partial charge in [-0.05, 0) is 38.0 Å². The molecule has 1 amide bonds. The Bertz CT molecular complexity index is 656. The predicted octanol–water partition coefficient (Wildman–Crippen LogP) is 3.97. The number of methoxy groups -OCH3 is 1. The van der Waals surface area contributed by atoms with E-state index in [4.69, 9.17) is 4.74 Å². The van der Waals surface area contributed by atoms with Crippen LogP contribution in [-0.4, -0.2) is 35.5 Å². The monoisotopic (exact) mass is 300 g/mol. The maximum absolute atomic E-state index is 12.9. The summed E-state index contributed by atoms with van der Waals surface area (Å²) in [5.74, 6) is 0.914. The van der Waals surface area contributed by atoms with Crippen LogP contribution in [0.2, 0.25) is 0 Å². The van der Waals surface area contributed by atoms with Gasteiger partial charge in [-0.25, -0.2) is 0 Å². The van der Waals surface area contributed by atoms with Gasteiger partial charge in [0.25, 0.3) is 5.91 Å². The highest BCUT2D eigenvalue weighted by atomic mass is 16.5. The smallest absolute Gasteiger partial charge is 0.270 e. The van der Waals surface area contributed by atoms with E-state index < -0.39 is 0 Å². The summed E-state index contributed by atoms with van der Waals surface area (Å²) >= 11 is 0. The Morgan fingerprint density at radius 1 is 1.27 bits per heavy atom. The number of aromatic amines is 1. The van der Waals surface area contributed by atoms with E-state index in [2.05, 4.69) is 11.9 Å². The Morgan fingerprint density at radius 2 is 2.05 bits per heavy atom. The lowest BCUT2D eigenvalue weighted by molar-refractivity contribution is 0.0643. The van der Waals surface area contributed by atoms with Gasteiger partial charge in [0.05, 0.1) is 7.11 Å². The number of hydrogen-bond acceptors (Lipinski definition) is 2. The summed E-state index contributed by atoms with van der Waals surface area (Å²) in [4.78, 5) is 18.1. The molecule has 0 atom stereocenters. The average Bonchev–Trinajstić information content (AvgIpc) is 2.99. The van der Waals surface area contributed by atoms with Crippen LogP contribution in [0.25, 0.3) is 10.9 Å². The molecule has 4 nitrogen and oxygen atoms in total.